The molecule has 0 bridgehead atoms. The predicted octanol–water partition coefficient (Wildman–Crippen LogP) is 1.56. The van der Waals surface area contributed by atoms with Crippen molar-refractivity contribution in [1.29, 1.82) is 0 Å². The molecule has 3 N–H and O–H groups in total. The Morgan fingerprint density at radius 1 is 1.27 bits per heavy atom. The van der Waals surface area contributed by atoms with Gasteiger partial charge in [0.15, 0.2) is 0 Å². The molecular weight excluding hydrogens is 212 g/mol. The standard InChI is InChI=1S/C11H18N2O.ClH/c1-13(2)10-5-3-9(4-6-10)11(12)7-8-14;/h3-6,11,14H,7-8,12H2,1-2H3;1H. The topological polar surface area (TPSA) is 49.5 Å². The molecular formula is C11H19ClN2O. The van der Waals surface area contributed by atoms with E-state index in [1.165, 1.54) is 0 Å². The van der Waals surface area contributed by atoms with Crippen molar-refractivity contribution in [3.05, 3.63) is 29.8 Å². The zero-order valence-electron chi connectivity index (χ0n) is 9.18. The number of anilines is 1. The van der Waals surface area contributed by atoms with Crippen LogP contribution < -0.4 is 10.6 Å². The number of aliphatic hydroxyl groups is 1. The lowest BCUT2D eigenvalue weighted by Gasteiger charge is -2.15. The van der Waals surface area contributed by atoms with Crippen LogP contribution in [0.3, 0.4) is 0 Å². The molecule has 0 fully saturated rings. The third kappa shape index (κ3) is 4.08. The number of aliphatic hydroxyl groups excluding tert-OH is 1. The summed E-state index contributed by atoms with van der Waals surface area (Å²) in [5, 5.41) is 8.75. The minimum Gasteiger partial charge on any atom is -0.396 e. The van der Waals surface area contributed by atoms with Crippen molar-refractivity contribution >= 4 is 18.1 Å². The number of hydrogen-bond acceptors (Lipinski definition) is 3. The molecule has 1 rings (SSSR count). The van der Waals surface area contributed by atoms with Crippen molar-refractivity contribution in [2.75, 3.05) is 25.6 Å². The first-order chi connectivity index (χ1) is 6.65. The van der Waals surface area contributed by atoms with Crippen LogP contribution in [0, 0.1) is 0 Å². The van der Waals surface area contributed by atoms with Gasteiger partial charge in [0, 0.05) is 32.4 Å². The van der Waals surface area contributed by atoms with Crippen molar-refractivity contribution in [3.63, 3.8) is 0 Å². The fraction of sp³-hybridized carbons (Fsp3) is 0.455. The highest BCUT2D eigenvalue weighted by molar-refractivity contribution is 5.85. The lowest BCUT2D eigenvalue weighted by molar-refractivity contribution is 0.276. The first-order valence-corrected chi connectivity index (χ1v) is 4.79. The lowest BCUT2D eigenvalue weighted by Crippen LogP contribution is -2.13. The molecule has 1 unspecified atom stereocenters. The molecule has 0 saturated heterocycles. The van der Waals surface area contributed by atoms with E-state index in [0.29, 0.717) is 6.42 Å². The van der Waals surface area contributed by atoms with Gasteiger partial charge >= 0.3 is 0 Å². The molecule has 1 aromatic rings. The Kier molecular flexibility index (Phi) is 6.32. The van der Waals surface area contributed by atoms with Crippen molar-refractivity contribution in [2.45, 2.75) is 12.5 Å². The molecule has 1 aromatic carbocycles. The fourth-order valence-corrected chi connectivity index (χ4v) is 1.33. The molecule has 3 nitrogen and oxygen atoms in total. The van der Waals surface area contributed by atoms with E-state index in [9.17, 15) is 0 Å². The van der Waals surface area contributed by atoms with Crippen LogP contribution in [0.2, 0.25) is 0 Å². The van der Waals surface area contributed by atoms with Crippen molar-refractivity contribution in [3.8, 4) is 0 Å². The van der Waals surface area contributed by atoms with E-state index in [1.54, 1.807) is 0 Å². The van der Waals surface area contributed by atoms with E-state index in [1.807, 2.05) is 43.3 Å². The van der Waals surface area contributed by atoms with Crippen LogP contribution >= 0.6 is 12.4 Å². The van der Waals surface area contributed by atoms with E-state index >= 15 is 0 Å². The van der Waals surface area contributed by atoms with Gasteiger partial charge in [-0.15, -0.1) is 12.4 Å². The first-order valence-electron chi connectivity index (χ1n) is 4.79. The van der Waals surface area contributed by atoms with E-state index in [2.05, 4.69) is 0 Å². The SMILES string of the molecule is CN(C)c1ccc(C(N)CCO)cc1.Cl. The molecule has 1 atom stereocenters. The predicted molar refractivity (Wildman–Crippen MR) is 66.6 cm³/mol. The van der Waals surface area contributed by atoms with Gasteiger partial charge in [-0.1, -0.05) is 12.1 Å². The molecule has 0 aromatic heterocycles. The quantitative estimate of drug-likeness (QED) is 0.826. The minimum atomic E-state index is -0.0591. The summed E-state index contributed by atoms with van der Waals surface area (Å²) < 4.78 is 0. The summed E-state index contributed by atoms with van der Waals surface area (Å²) in [7, 11) is 4.01. The molecule has 0 aliphatic carbocycles. The number of nitrogens with two attached hydrogens (primary N) is 1. The summed E-state index contributed by atoms with van der Waals surface area (Å²) in [5.41, 5.74) is 8.09. The minimum absolute atomic E-state index is 0. The fourth-order valence-electron chi connectivity index (χ4n) is 1.33. The highest BCUT2D eigenvalue weighted by Gasteiger charge is 2.04. The second kappa shape index (κ2) is 6.67. The van der Waals surface area contributed by atoms with Crippen molar-refractivity contribution in [2.24, 2.45) is 5.73 Å². The molecule has 0 amide bonds. The summed E-state index contributed by atoms with van der Waals surface area (Å²) in [6.07, 6.45) is 0.612. The maximum Gasteiger partial charge on any atom is 0.0449 e. The number of halogens is 1. The third-order valence-corrected chi connectivity index (χ3v) is 2.28. The van der Waals surface area contributed by atoms with Gasteiger partial charge in [-0.2, -0.15) is 0 Å². The molecule has 86 valence electrons. The van der Waals surface area contributed by atoms with E-state index in [4.69, 9.17) is 10.8 Å². The largest absolute Gasteiger partial charge is 0.396 e. The Hall–Kier alpha value is -0.770. The molecule has 0 heterocycles. The zero-order valence-corrected chi connectivity index (χ0v) is 10.00. The number of hydrogen-bond donors (Lipinski definition) is 2. The molecule has 0 radical (unpaired) electrons. The van der Waals surface area contributed by atoms with Crippen LogP contribution in [0.5, 0.6) is 0 Å². The Bertz CT molecular complexity index is 274. The van der Waals surface area contributed by atoms with Gasteiger partial charge < -0.3 is 15.7 Å². The van der Waals surface area contributed by atoms with Gasteiger partial charge in [-0.3, -0.25) is 0 Å². The third-order valence-electron chi connectivity index (χ3n) is 2.28. The van der Waals surface area contributed by atoms with Crippen LogP contribution in [0.4, 0.5) is 5.69 Å². The second-order valence-electron chi connectivity index (χ2n) is 3.60. The van der Waals surface area contributed by atoms with E-state index in [0.717, 1.165) is 11.3 Å². The zero-order chi connectivity index (χ0) is 10.6. The monoisotopic (exact) mass is 230 g/mol. The molecule has 15 heavy (non-hydrogen) atoms. The van der Waals surface area contributed by atoms with Crippen molar-refractivity contribution in [1.82, 2.24) is 0 Å². The average molecular weight is 231 g/mol. The maximum atomic E-state index is 8.75. The number of nitrogens with zero attached hydrogens (tertiary/aromatic N) is 1. The Balaban J connectivity index is 0.00000196. The summed E-state index contributed by atoms with van der Waals surface area (Å²) in [6.45, 7) is 0.136. The average Bonchev–Trinajstić information content (AvgIpc) is 2.18. The maximum absolute atomic E-state index is 8.75. The Morgan fingerprint density at radius 2 is 1.80 bits per heavy atom. The molecule has 4 heteroatoms. The second-order valence-corrected chi connectivity index (χ2v) is 3.60. The number of rotatable bonds is 4. The summed E-state index contributed by atoms with van der Waals surface area (Å²) in [4.78, 5) is 2.04. The van der Waals surface area contributed by atoms with E-state index < -0.39 is 0 Å². The van der Waals surface area contributed by atoms with Crippen molar-refractivity contribution < 1.29 is 5.11 Å². The van der Waals surface area contributed by atoms with Crippen LogP contribution in [-0.4, -0.2) is 25.8 Å². The first kappa shape index (κ1) is 14.2. The Labute approximate surface area is 97.3 Å². The lowest BCUT2D eigenvalue weighted by atomic mass is 10.0. The molecule has 0 aliphatic heterocycles. The summed E-state index contributed by atoms with van der Waals surface area (Å²) >= 11 is 0. The number of benzene rings is 1. The van der Waals surface area contributed by atoms with Gasteiger partial charge in [0.2, 0.25) is 0 Å². The molecule has 0 spiro atoms. The highest BCUT2D eigenvalue weighted by Crippen LogP contribution is 2.17. The van der Waals surface area contributed by atoms with Gasteiger partial charge in [0.05, 0.1) is 0 Å². The van der Waals surface area contributed by atoms with Gasteiger partial charge in [0.25, 0.3) is 0 Å². The summed E-state index contributed by atoms with van der Waals surface area (Å²) in [6, 6.07) is 8.03. The molecule has 0 aliphatic rings. The normalized spacial score (nSPS) is 11.7. The van der Waals surface area contributed by atoms with Gasteiger partial charge in [-0.25, -0.2) is 0 Å². The van der Waals surface area contributed by atoms with Gasteiger partial charge in [-0.05, 0) is 24.1 Å². The van der Waals surface area contributed by atoms with Crippen LogP contribution in [0.15, 0.2) is 24.3 Å². The molecule has 0 saturated carbocycles. The Morgan fingerprint density at radius 3 is 2.20 bits per heavy atom. The smallest absolute Gasteiger partial charge is 0.0449 e. The van der Waals surface area contributed by atoms with Crippen LogP contribution in [0.1, 0.15) is 18.0 Å². The van der Waals surface area contributed by atoms with E-state index in [-0.39, 0.29) is 25.1 Å². The van der Waals surface area contributed by atoms with Crippen LogP contribution in [0.25, 0.3) is 0 Å². The highest BCUT2D eigenvalue weighted by atomic mass is 35.5. The summed E-state index contributed by atoms with van der Waals surface area (Å²) in [5.74, 6) is 0. The van der Waals surface area contributed by atoms with Crippen LogP contribution in [-0.2, 0) is 0 Å². The van der Waals surface area contributed by atoms with Gasteiger partial charge in [0.1, 0.15) is 0 Å².